The average Bonchev–Trinajstić information content (AvgIpc) is 2.94. The largest absolute Gasteiger partial charge is 0.480 e. The summed E-state index contributed by atoms with van der Waals surface area (Å²) >= 11 is 0. The van der Waals surface area contributed by atoms with Crippen LogP contribution in [0, 0.1) is 0 Å². The van der Waals surface area contributed by atoms with E-state index in [1.165, 1.54) is 4.68 Å². The minimum atomic E-state index is -0.981. The Balaban J connectivity index is 1.83. The van der Waals surface area contributed by atoms with E-state index in [0.29, 0.717) is 44.7 Å². The Bertz CT molecular complexity index is 496. The second kappa shape index (κ2) is 7.14. The number of carboxylic acids is 1. The molecule has 0 radical (unpaired) electrons. The fourth-order valence-corrected chi connectivity index (χ4v) is 2.21. The summed E-state index contributed by atoms with van der Waals surface area (Å²) in [5.41, 5.74) is 5.71. The lowest BCUT2D eigenvalue weighted by Gasteiger charge is -2.31. The molecule has 2 heterocycles. The van der Waals surface area contributed by atoms with Crippen molar-refractivity contribution in [2.75, 3.05) is 26.2 Å². The Hall–Kier alpha value is -2.00. The fourth-order valence-electron chi connectivity index (χ4n) is 2.21. The van der Waals surface area contributed by atoms with E-state index >= 15 is 0 Å². The molecule has 0 unspecified atom stereocenters. The number of ether oxygens (including phenoxy) is 1. The van der Waals surface area contributed by atoms with Crippen molar-refractivity contribution >= 4 is 11.9 Å². The van der Waals surface area contributed by atoms with Crippen LogP contribution in [0.15, 0.2) is 6.20 Å². The number of aromatic nitrogens is 3. The number of likely N-dealkylation sites (tertiary alicyclic amines) is 1. The van der Waals surface area contributed by atoms with Crippen LogP contribution < -0.4 is 5.73 Å². The van der Waals surface area contributed by atoms with Crippen LogP contribution in [-0.2, 0) is 16.1 Å². The van der Waals surface area contributed by atoms with Crippen LogP contribution in [0.3, 0.4) is 0 Å². The van der Waals surface area contributed by atoms with Crippen LogP contribution in [-0.4, -0.2) is 69.2 Å². The maximum absolute atomic E-state index is 12.2. The first-order valence-corrected chi connectivity index (χ1v) is 6.83. The third-order valence-electron chi connectivity index (χ3n) is 3.29. The molecule has 9 nitrogen and oxygen atoms in total. The van der Waals surface area contributed by atoms with Gasteiger partial charge in [-0.2, -0.15) is 0 Å². The van der Waals surface area contributed by atoms with Crippen LogP contribution >= 0.6 is 0 Å². The van der Waals surface area contributed by atoms with Crippen molar-refractivity contribution in [3.8, 4) is 0 Å². The maximum atomic E-state index is 12.2. The topological polar surface area (TPSA) is 124 Å². The van der Waals surface area contributed by atoms with Crippen LogP contribution in [0.25, 0.3) is 0 Å². The smallest absolute Gasteiger partial charge is 0.329 e. The number of aliphatic carboxylic acids is 1. The number of piperidine rings is 1. The van der Waals surface area contributed by atoms with E-state index in [2.05, 4.69) is 10.3 Å². The molecule has 1 amide bonds. The molecule has 2 rings (SSSR count). The molecule has 116 valence electrons. The summed E-state index contributed by atoms with van der Waals surface area (Å²) in [7, 11) is 0. The van der Waals surface area contributed by atoms with Gasteiger partial charge in [0.15, 0.2) is 5.69 Å². The number of rotatable bonds is 6. The molecule has 1 aliphatic heterocycles. The van der Waals surface area contributed by atoms with Gasteiger partial charge >= 0.3 is 5.97 Å². The van der Waals surface area contributed by atoms with E-state index in [1.54, 1.807) is 11.1 Å². The van der Waals surface area contributed by atoms with Crippen molar-refractivity contribution in [3.63, 3.8) is 0 Å². The van der Waals surface area contributed by atoms with E-state index in [4.69, 9.17) is 15.6 Å². The molecule has 0 aromatic carbocycles. The minimum absolute atomic E-state index is 0.113. The summed E-state index contributed by atoms with van der Waals surface area (Å²) in [5, 5.41) is 16.2. The molecule has 0 spiro atoms. The van der Waals surface area contributed by atoms with Gasteiger partial charge in [-0.3, -0.25) is 9.48 Å². The fraction of sp³-hybridized carbons (Fsp3) is 0.667. The molecule has 0 saturated carbocycles. The zero-order valence-corrected chi connectivity index (χ0v) is 11.6. The number of hydrogen-bond acceptors (Lipinski definition) is 6. The summed E-state index contributed by atoms with van der Waals surface area (Å²) in [6.45, 7) is 1.69. The summed E-state index contributed by atoms with van der Waals surface area (Å²) in [6.07, 6.45) is 2.71. The van der Waals surface area contributed by atoms with Crippen molar-refractivity contribution in [1.82, 2.24) is 19.9 Å². The maximum Gasteiger partial charge on any atom is 0.329 e. The number of carbonyl (C=O) groups excluding carboxylic acids is 1. The van der Waals surface area contributed by atoms with Gasteiger partial charge in [0.05, 0.1) is 18.8 Å². The lowest BCUT2D eigenvalue weighted by molar-refractivity contribution is -0.145. The Morgan fingerprint density at radius 2 is 2.14 bits per heavy atom. The molecule has 1 aromatic heterocycles. The van der Waals surface area contributed by atoms with Gasteiger partial charge in [-0.15, -0.1) is 5.10 Å². The first-order chi connectivity index (χ1) is 10.1. The summed E-state index contributed by atoms with van der Waals surface area (Å²) in [5.74, 6) is -1.15. The highest BCUT2D eigenvalue weighted by atomic mass is 16.5. The number of carboxylic acid groups (broad SMARTS) is 1. The van der Waals surface area contributed by atoms with E-state index < -0.39 is 5.97 Å². The monoisotopic (exact) mass is 297 g/mol. The van der Waals surface area contributed by atoms with Gasteiger partial charge < -0.3 is 20.5 Å². The predicted octanol–water partition coefficient (Wildman–Crippen LogP) is -1.06. The molecule has 1 fully saturated rings. The van der Waals surface area contributed by atoms with Gasteiger partial charge in [0.1, 0.15) is 6.61 Å². The Labute approximate surface area is 121 Å². The number of carbonyl (C=O) groups is 2. The highest BCUT2D eigenvalue weighted by Crippen LogP contribution is 2.15. The molecule has 21 heavy (non-hydrogen) atoms. The van der Waals surface area contributed by atoms with Gasteiger partial charge in [0, 0.05) is 19.6 Å². The highest BCUT2D eigenvalue weighted by molar-refractivity contribution is 5.92. The normalized spacial score (nSPS) is 16.1. The van der Waals surface area contributed by atoms with Crippen LogP contribution in [0.1, 0.15) is 23.3 Å². The summed E-state index contributed by atoms with van der Waals surface area (Å²) < 4.78 is 6.77. The third-order valence-corrected chi connectivity index (χ3v) is 3.29. The van der Waals surface area contributed by atoms with Crippen LogP contribution in [0.2, 0.25) is 0 Å². The van der Waals surface area contributed by atoms with Crippen molar-refractivity contribution in [2.24, 2.45) is 5.73 Å². The second-order valence-corrected chi connectivity index (χ2v) is 4.85. The van der Waals surface area contributed by atoms with Gasteiger partial charge in [0.25, 0.3) is 5.91 Å². The van der Waals surface area contributed by atoms with Crippen LogP contribution in [0.5, 0.6) is 0 Å². The van der Waals surface area contributed by atoms with Crippen molar-refractivity contribution in [3.05, 3.63) is 11.9 Å². The molecule has 0 atom stereocenters. The van der Waals surface area contributed by atoms with Crippen molar-refractivity contribution < 1.29 is 19.4 Å². The van der Waals surface area contributed by atoms with Crippen molar-refractivity contribution in [2.45, 2.75) is 25.5 Å². The molecule has 0 aliphatic carbocycles. The Morgan fingerprint density at radius 1 is 1.43 bits per heavy atom. The van der Waals surface area contributed by atoms with Gasteiger partial charge in [-0.05, 0) is 12.8 Å². The highest BCUT2D eigenvalue weighted by Gasteiger charge is 2.26. The lowest BCUT2D eigenvalue weighted by atomic mass is 10.1. The minimum Gasteiger partial charge on any atom is -0.480 e. The zero-order valence-electron chi connectivity index (χ0n) is 11.6. The molecule has 1 saturated heterocycles. The molecule has 3 N–H and O–H groups in total. The van der Waals surface area contributed by atoms with Gasteiger partial charge in [-0.1, -0.05) is 5.21 Å². The SMILES string of the molecule is NCCn1cc(C(=O)N2CCC(OCC(=O)O)CC2)nn1. The van der Waals surface area contributed by atoms with E-state index in [9.17, 15) is 9.59 Å². The van der Waals surface area contributed by atoms with Gasteiger partial charge in [0.2, 0.25) is 0 Å². The molecular weight excluding hydrogens is 278 g/mol. The van der Waals surface area contributed by atoms with Crippen molar-refractivity contribution in [1.29, 1.82) is 0 Å². The Kier molecular flexibility index (Phi) is 5.23. The molecule has 1 aromatic rings. The number of nitrogens with zero attached hydrogens (tertiary/aromatic N) is 4. The second-order valence-electron chi connectivity index (χ2n) is 4.85. The van der Waals surface area contributed by atoms with E-state index in [1.807, 2.05) is 0 Å². The van der Waals surface area contributed by atoms with E-state index in [0.717, 1.165) is 0 Å². The number of nitrogens with two attached hydrogens (primary N) is 1. The Morgan fingerprint density at radius 3 is 2.76 bits per heavy atom. The first-order valence-electron chi connectivity index (χ1n) is 6.83. The van der Waals surface area contributed by atoms with Crippen LogP contribution in [0.4, 0.5) is 0 Å². The molecular formula is C12H19N5O4. The zero-order chi connectivity index (χ0) is 15.2. The van der Waals surface area contributed by atoms with E-state index in [-0.39, 0.29) is 18.6 Å². The first kappa shape index (κ1) is 15.4. The molecule has 9 heteroatoms. The standard InChI is InChI=1S/C12H19N5O4/c13-3-6-17-7-10(14-15-17)12(20)16-4-1-9(2-5-16)21-8-11(18)19/h7,9H,1-6,8,13H2,(H,18,19). The average molecular weight is 297 g/mol. The quantitative estimate of drug-likeness (QED) is 0.686. The summed E-state index contributed by atoms with van der Waals surface area (Å²) in [4.78, 5) is 24.4. The molecule has 1 aliphatic rings. The lowest BCUT2D eigenvalue weighted by Crippen LogP contribution is -2.41. The summed E-state index contributed by atoms with van der Waals surface area (Å²) in [6, 6.07) is 0. The number of amides is 1. The predicted molar refractivity (Wildman–Crippen MR) is 71.6 cm³/mol. The third kappa shape index (κ3) is 4.23. The molecule has 0 bridgehead atoms. The van der Waals surface area contributed by atoms with Gasteiger partial charge in [-0.25, -0.2) is 4.79 Å². The number of hydrogen-bond donors (Lipinski definition) is 2.